The maximum Gasteiger partial charge on any atom is 0.230 e. The van der Waals surface area contributed by atoms with Gasteiger partial charge >= 0.3 is 0 Å². The fraction of sp³-hybridized carbons (Fsp3) is 0.167. The Morgan fingerprint density at radius 1 is 1.19 bits per heavy atom. The zero-order valence-corrected chi connectivity index (χ0v) is 16.2. The van der Waals surface area contributed by atoms with Crippen LogP contribution in [0.1, 0.15) is 18.5 Å². The second-order valence-electron chi connectivity index (χ2n) is 5.58. The van der Waals surface area contributed by atoms with Crippen LogP contribution in [-0.4, -0.2) is 26.8 Å². The highest BCUT2D eigenvalue weighted by molar-refractivity contribution is 7.99. The van der Waals surface area contributed by atoms with Crippen LogP contribution in [0.3, 0.4) is 0 Å². The molecule has 0 radical (unpaired) electrons. The number of hydrogen-bond acceptors (Lipinski definition) is 4. The molecule has 8 heteroatoms. The standard InChI is InChI=1S/C18H16Cl2N4OS/c1-11(13-7-8-14(19)15(20)9-13)21-16(25)10-26-18-22-17(23-24-18)12-5-3-2-4-6-12/h2-9,11H,10H2,1H3,(H,21,25)(H,22,23,24)/t11-/m0/s1. The van der Waals surface area contributed by atoms with Gasteiger partial charge in [-0.1, -0.05) is 71.4 Å². The SMILES string of the molecule is C[C@H](NC(=O)CSc1n[nH]c(-c2ccccc2)n1)c1ccc(Cl)c(Cl)c1. The molecule has 0 spiro atoms. The van der Waals surface area contributed by atoms with Gasteiger partial charge in [0.1, 0.15) is 0 Å². The van der Waals surface area contributed by atoms with E-state index in [1.165, 1.54) is 11.8 Å². The van der Waals surface area contributed by atoms with E-state index >= 15 is 0 Å². The lowest BCUT2D eigenvalue weighted by Gasteiger charge is -2.14. The number of thioether (sulfide) groups is 1. The fourth-order valence-electron chi connectivity index (χ4n) is 2.31. The Hall–Kier alpha value is -2.02. The summed E-state index contributed by atoms with van der Waals surface area (Å²) in [5, 5.41) is 11.4. The molecule has 0 aliphatic carbocycles. The first-order chi connectivity index (χ1) is 12.5. The first-order valence-corrected chi connectivity index (χ1v) is 9.62. The third-order valence-corrected chi connectivity index (χ3v) is 5.25. The van der Waals surface area contributed by atoms with Crippen molar-refractivity contribution in [1.29, 1.82) is 0 Å². The highest BCUT2D eigenvalue weighted by Crippen LogP contribution is 2.25. The minimum Gasteiger partial charge on any atom is -0.349 e. The van der Waals surface area contributed by atoms with Crippen molar-refractivity contribution in [2.24, 2.45) is 0 Å². The lowest BCUT2D eigenvalue weighted by Crippen LogP contribution is -2.28. The summed E-state index contributed by atoms with van der Waals surface area (Å²) in [7, 11) is 0. The van der Waals surface area contributed by atoms with Gasteiger partial charge < -0.3 is 5.32 Å². The molecule has 1 heterocycles. The highest BCUT2D eigenvalue weighted by Gasteiger charge is 2.13. The van der Waals surface area contributed by atoms with E-state index in [1.807, 2.05) is 43.3 Å². The zero-order chi connectivity index (χ0) is 18.5. The Labute approximate surface area is 165 Å². The third-order valence-electron chi connectivity index (χ3n) is 3.67. The summed E-state index contributed by atoms with van der Waals surface area (Å²) in [6, 6.07) is 14.8. The van der Waals surface area contributed by atoms with Crippen molar-refractivity contribution in [3.8, 4) is 11.4 Å². The van der Waals surface area contributed by atoms with Crippen molar-refractivity contribution in [2.75, 3.05) is 5.75 Å². The number of carbonyl (C=O) groups excluding carboxylic acids is 1. The van der Waals surface area contributed by atoms with E-state index in [9.17, 15) is 4.79 Å². The summed E-state index contributed by atoms with van der Waals surface area (Å²) in [5.41, 5.74) is 1.84. The molecule has 2 N–H and O–H groups in total. The third kappa shape index (κ3) is 4.78. The van der Waals surface area contributed by atoms with Crippen LogP contribution in [0.5, 0.6) is 0 Å². The number of hydrogen-bond donors (Lipinski definition) is 2. The van der Waals surface area contributed by atoms with E-state index in [2.05, 4.69) is 20.5 Å². The number of benzene rings is 2. The molecular formula is C18H16Cl2N4OS. The molecule has 26 heavy (non-hydrogen) atoms. The minimum absolute atomic E-state index is 0.111. The van der Waals surface area contributed by atoms with Gasteiger partial charge in [-0.15, -0.1) is 5.10 Å². The van der Waals surface area contributed by atoms with Crippen molar-refractivity contribution in [3.05, 3.63) is 64.1 Å². The summed E-state index contributed by atoms with van der Waals surface area (Å²) in [4.78, 5) is 16.6. The van der Waals surface area contributed by atoms with Crippen LogP contribution in [0, 0.1) is 0 Å². The quantitative estimate of drug-likeness (QED) is 0.579. The Bertz CT molecular complexity index is 901. The summed E-state index contributed by atoms with van der Waals surface area (Å²) < 4.78 is 0. The number of nitrogens with one attached hydrogen (secondary N) is 2. The van der Waals surface area contributed by atoms with Gasteiger partial charge in [0.15, 0.2) is 5.82 Å². The molecule has 0 bridgehead atoms. The van der Waals surface area contributed by atoms with E-state index in [0.717, 1.165) is 11.1 Å². The van der Waals surface area contributed by atoms with Gasteiger partial charge in [0.25, 0.3) is 0 Å². The molecular weight excluding hydrogens is 391 g/mol. The van der Waals surface area contributed by atoms with E-state index in [1.54, 1.807) is 12.1 Å². The van der Waals surface area contributed by atoms with Crippen molar-refractivity contribution in [3.63, 3.8) is 0 Å². The normalized spacial score (nSPS) is 12.0. The molecule has 0 aliphatic heterocycles. The molecule has 3 rings (SSSR count). The average Bonchev–Trinajstić information content (AvgIpc) is 3.12. The van der Waals surface area contributed by atoms with Crippen molar-refractivity contribution in [2.45, 2.75) is 18.1 Å². The molecule has 0 saturated heterocycles. The number of nitrogens with zero attached hydrogens (tertiary/aromatic N) is 2. The topological polar surface area (TPSA) is 70.7 Å². The summed E-state index contributed by atoms with van der Waals surface area (Å²) in [6.45, 7) is 1.89. The van der Waals surface area contributed by atoms with Gasteiger partial charge in [0.2, 0.25) is 11.1 Å². The van der Waals surface area contributed by atoms with Crippen LogP contribution in [0.2, 0.25) is 10.0 Å². The molecule has 0 fully saturated rings. The van der Waals surface area contributed by atoms with Crippen LogP contribution in [0.25, 0.3) is 11.4 Å². The molecule has 134 valence electrons. The maximum atomic E-state index is 12.2. The van der Waals surface area contributed by atoms with E-state index in [4.69, 9.17) is 23.2 Å². The van der Waals surface area contributed by atoms with Crippen LogP contribution >= 0.6 is 35.0 Å². The van der Waals surface area contributed by atoms with Crippen molar-refractivity contribution >= 4 is 40.9 Å². The first-order valence-electron chi connectivity index (χ1n) is 7.88. The number of amides is 1. The zero-order valence-electron chi connectivity index (χ0n) is 13.9. The predicted octanol–water partition coefficient (Wildman–Crippen LogP) is 4.75. The van der Waals surface area contributed by atoms with Crippen LogP contribution < -0.4 is 5.32 Å². The molecule has 0 unspecified atom stereocenters. The molecule has 1 amide bonds. The first kappa shape index (κ1) is 18.8. The molecule has 1 aromatic heterocycles. The van der Waals surface area contributed by atoms with Crippen LogP contribution in [0.15, 0.2) is 53.7 Å². The lowest BCUT2D eigenvalue weighted by molar-refractivity contribution is -0.119. The molecule has 5 nitrogen and oxygen atoms in total. The van der Waals surface area contributed by atoms with E-state index in [0.29, 0.717) is 21.0 Å². The Morgan fingerprint density at radius 2 is 1.96 bits per heavy atom. The second kappa shape index (κ2) is 8.58. The Kier molecular flexibility index (Phi) is 6.19. The van der Waals surface area contributed by atoms with Gasteiger partial charge in [0.05, 0.1) is 21.8 Å². The Morgan fingerprint density at radius 3 is 2.69 bits per heavy atom. The predicted molar refractivity (Wildman–Crippen MR) is 106 cm³/mol. The van der Waals surface area contributed by atoms with Crippen LogP contribution in [-0.2, 0) is 4.79 Å². The molecule has 2 aromatic carbocycles. The van der Waals surface area contributed by atoms with Crippen LogP contribution in [0.4, 0.5) is 0 Å². The summed E-state index contributed by atoms with van der Waals surface area (Å²) in [5.74, 6) is 0.787. The van der Waals surface area contributed by atoms with Crippen molar-refractivity contribution < 1.29 is 4.79 Å². The number of aromatic amines is 1. The second-order valence-corrected chi connectivity index (χ2v) is 7.34. The number of aromatic nitrogens is 3. The average molecular weight is 407 g/mol. The Balaban J connectivity index is 1.54. The van der Waals surface area contributed by atoms with Gasteiger partial charge in [0, 0.05) is 5.56 Å². The molecule has 0 aliphatic rings. The monoisotopic (exact) mass is 406 g/mol. The molecule has 1 atom stereocenters. The minimum atomic E-state index is -0.176. The maximum absolute atomic E-state index is 12.2. The van der Waals surface area contributed by atoms with Crippen molar-refractivity contribution in [1.82, 2.24) is 20.5 Å². The molecule has 0 saturated carbocycles. The van der Waals surface area contributed by atoms with Gasteiger partial charge in [-0.3, -0.25) is 9.89 Å². The summed E-state index contributed by atoms with van der Waals surface area (Å²) >= 11 is 13.2. The lowest BCUT2D eigenvalue weighted by atomic mass is 10.1. The largest absolute Gasteiger partial charge is 0.349 e. The smallest absolute Gasteiger partial charge is 0.230 e. The van der Waals surface area contributed by atoms with E-state index in [-0.39, 0.29) is 17.7 Å². The summed E-state index contributed by atoms with van der Waals surface area (Å²) in [6.07, 6.45) is 0. The fourth-order valence-corrected chi connectivity index (χ4v) is 3.23. The molecule has 3 aromatic rings. The van der Waals surface area contributed by atoms with E-state index < -0.39 is 0 Å². The number of H-pyrrole nitrogens is 1. The van der Waals surface area contributed by atoms with Gasteiger partial charge in [-0.05, 0) is 24.6 Å². The van der Waals surface area contributed by atoms with Gasteiger partial charge in [-0.25, -0.2) is 4.98 Å². The number of rotatable bonds is 6. The van der Waals surface area contributed by atoms with Gasteiger partial charge in [-0.2, -0.15) is 0 Å². The number of halogens is 2. The highest BCUT2D eigenvalue weighted by atomic mass is 35.5. The number of carbonyl (C=O) groups is 1.